The first kappa shape index (κ1) is 9.46. The lowest BCUT2D eigenvalue weighted by molar-refractivity contribution is 0.821. The van der Waals surface area contributed by atoms with E-state index in [2.05, 4.69) is 28.0 Å². The lowest BCUT2D eigenvalue weighted by Gasteiger charge is -2.07. The summed E-state index contributed by atoms with van der Waals surface area (Å²) in [5.74, 6) is 0.281. The Balaban J connectivity index is 2.72. The van der Waals surface area contributed by atoms with Gasteiger partial charge in [0.2, 0.25) is 0 Å². The van der Waals surface area contributed by atoms with Crippen molar-refractivity contribution >= 4 is 28.5 Å². The second-order valence-electron chi connectivity index (χ2n) is 3.53. The first-order chi connectivity index (χ1) is 6.68. The number of halogens is 1. The first-order valence-electron chi connectivity index (χ1n) is 4.63. The van der Waals surface area contributed by atoms with Crippen LogP contribution in [0, 0.1) is 5.92 Å². The highest BCUT2D eigenvalue weighted by Gasteiger charge is 2.09. The second-order valence-corrected chi connectivity index (χ2v) is 3.91. The molecule has 1 aromatic rings. The predicted octanol–water partition coefficient (Wildman–Crippen LogP) is 0.995. The number of aromatic nitrogens is 2. The second kappa shape index (κ2) is 3.58. The van der Waals surface area contributed by atoms with Crippen LogP contribution in [0.5, 0.6) is 0 Å². The average Bonchev–Trinajstić information content (AvgIpc) is 2.60. The molecule has 2 rings (SSSR count). The number of nitrogens with zero attached hydrogens (tertiary/aromatic N) is 2. The van der Waals surface area contributed by atoms with Gasteiger partial charge in [-0.25, -0.2) is 9.98 Å². The van der Waals surface area contributed by atoms with E-state index in [1.165, 1.54) is 0 Å². The summed E-state index contributed by atoms with van der Waals surface area (Å²) < 4.78 is 0. The molecule has 4 heteroatoms. The van der Waals surface area contributed by atoms with E-state index in [0.717, 1.165) is 22.8 Å². The van der Waals surface area contributed by atoms with Gasteiger partial charge in [-0.3, -0.25) is 0 Å². The first-order valence-corrected chi connectivity index (χ1v) is 5.01. The molecule has 2 heterocycles. The number of nitrogens with one attached hydrogen (secondary N) is 1. The topological polar surface area (TPSA) is 41.0 Å². The van der Waals surface area contributed by atoms with E-state index in [0.29, 0.717) is 5.17 Å². The molecule has 1 N–H and O–H groups in total. The van der Waals surface area contributed by atoms with Crippen molar-refractivity contribution in [3.63, 3.8) is 0 Å². The molecule has 1 atom stereocenters. The third-order valence-corrected chi connectivity index (χ3v) is 2.83. The van der Waals surface area contributed by atoms with Gasteiger partial charge in [-0.2, -0.15) is 0 Å². The molecule has 1 aliphatic heterocycles. The van der Waals surface area contributed by atoms with Crippen molar-refractivity contribution in [2.24, 2.45) is 10.9 Å². The molecule has 1 aliphatic rings. The molecular formula is C10H12ClN3. The number of rotatable bonds is 0. The summed E-state index contributed by atoms with van der Waals surface area (Å²) in [5.41, 5.74) is 0.869. The van der Waals surface area contributed by atoms with Crippen molar-refractivity contribution in [1.29, 1.82) is 0 Å². The molecular weight excluding hydrogens is 198 g/mol. The maximum absolute atomic E-state index is 6.04. The Morgan fingerprint density at radius 2 is 2.36 bits per heavy atom. The van der Waals surface area contributed by atoms with Gasteiger partial charge in [0, 0.05) is 5.92 Å². The molecule has 0 fully saturated rings. The summed E-state index contributed by atoms with van der Waals surface area (Å²) in [6.07, 6.45) is 4.70. The smallest absolute Gasteiger partial charge is 0.109 e. The predicted molar refractivity (Wildman–Crippen MR) is 58.5 cm³/mol. The number of hydrogen-bond acceptors (Lipinski definition) is 2. The molecule has 0 aliphatic carbocycles. The van der Waals surface area contributed by atoms with Crippen LogP contribution in [-0.2, 0) is 0 Å². The van der Waals surface area contributed by atoms with Crippen molar-refractivity contribution in [2.75, 3.05) is 0 Å². The minimum absolute atomic E-state index is 0.281. The van der Waals surface area contributed by atoms with Crippen LogP contribution in [0.3, 0.4) is 0 Å². The van der Waals surface area contributed by atoms with Gasteiger partial charge in [0.1, 0.15) is 10.5 Å². The highest BCUT2D eigenvalue weighted by molar-refractivity contribution is 6.66. The van der Waals surface area contributed by atoms with Crippen molar-refractivity contribution < 1.29 is 0 Å². The van der Waals surface area contributed by atoms with E-state index in [1.54, 1.807) is 6.33 Å². The Kier molecular flexibility index (Phi) is 2.42. The number of fused-ring (bicyclic) bond motifs is 1. The molecule has 0 bridgehead atoms. The van der Waals surface area contributed by atoms with Gasteiger partial charge in [-0.05, 0) is 13.3 Å². The highest BCUT2D eigenvalue weighted by Crippen LogP contribution is 2.12. The maximum Gasteiger partial charge on any atom is 0.109 e. The molecule has 74 valence electrons. The van der Waals surface area contributed by atoms with Gasteiger partial charge in [-0.1, -0.05) is 24.6 Å². The van der Waals surface area contributed by atoms with Gasteiger partial charge < -0.3 is 4.98 Å². The van der Waals surface area contributed by atoms with Gasteiger partial charge in [0.25, 0.3) is 0 Å². The fourth-order valence-corrected chi connectivity index (χ4v) is 1.68. The normalized spacial score (nSPS) is 31.8. The largest absolute Gasteiger partial charge is 0.345 e. The summed E-state index contributed by atoms with van der Waals surface area (Å²) >= 11 is 6.04. The molecule has 3 nitrogen and oxygen atoms in total. The van der Waals surface area contributed by atoms with Gasteiger partial charge in [0.05, 0.1) is 17.4 Å². The zero-order valence-electron chi connectivity index (χ0n) is 8.21. The number of H-pyrrole nitrogens is 1. The minimum atomic E-state index is 0.281. The van der Waals surface area contributed by atoms with Crippen LogP contribution in [0.15, 0.2) is 11.3 Å². The van der Waals surface area contributed by atoms with E-state index < -0.39 is 0 Å². The maximum atomic E-state index is 6.04. The Hall–Kier alpha value is -1.09. The minimum Gasteiger partial charge on any atom is -0.345 e. The van der Waals surface area contributed by atoms with Crippen LogP contribution >= 0.6 is 11.6 Å². The van der Waals surface area contributed by atoms with Crippen LogP contribution in [0.25, 0.3) is 11.8 Å². The molecule has 1 aromatic heterocycles. The van der Waals surface area contributed by atoms with Crippen molar-refractivity contribution in [2.45, 2.75) is 20.3 Å². The van der Waals surface area contributed by atoms with Crippen LogP contribution < -0.4 is 10.7 Å². The van der Waals surface area contributed by atoms with Crippen molar-refractivity contribution in [3.05, 3.63) is 17.0 Å². The SMILES string of the molecule is CC1=c2\nc[nH]\c2=C/CC(C)/C(Cl)=N\1. The van der Waals surface area contributed by atoms with Gasteiger partial charge in [-0.15, -0.1) is 0 Å². The summed E-state index contributed by atoms with van der Waals surface area (Å²) in [6.45, 7) is 3.99. The Labute approximate surface area is 87.2 Å². The number of imidazole rings is 1. The fraction of sp³-hybridized carbons (Fsp3) is 0.400. The zero-order chi connectivity index (χ0) is 10.1. The van der Waals surface area contributed by atoms with Crippen molar-refractivity contribution in [3.8, 4) is 0 Å². The molecule has 0 radical (unpaired) electrons. The summed E-state index contributed by atoms with van der Waals surface area (Å²) in [5, 5.41) is 2.60. The zero-order valence-corrected chi connectivity index (χ0v) is 8.97. The van der Waals surface area contributed by atoms with E-state index in [1.807, 2.05) is 6.92 Å². The van der Waals surface area contributed by atoms with Crippen LogP contribution in [0.2, 0.25) is 0 Å². The van der Waals surface area contributed by atoms with E-state index in [9.17, 15) is 0 Å². The van der Waals surface area contributed by atoms with Gasteiger partial charge in [0.15, 0.2) is 0 Å². The Morgan fingerprint density at radius 1 is 1.57 bits per heavy atom. The van der Waals surface area contributed by atoms with Crippen LogP contribution in [-0.4, -0.2) is 15.1 Å². The standard InChI is InChI=1S/C10H12ClN3/c1-6-3-4-8-9(13-5-12-8)7(2)14-10(6)11/h4-6H,3H2,1-2H3,(H,12,13)/b8-4-,9-7+,14-10+. The molecule has 0 saturated heterocycles. The number of hydrogen-bond donors (Lipinski definition) is 1. The Morgan fingerprint density at radius 3 is 3.14 bits per heavy atom. The number of aromatic amines is 1. The Bertz CT molecular complexity index is 484. The molecule has 1 unspecified atom stereocenters. The lowest BCUT2D eigenvalue weighted by atomic mass is 10.1. The lowest BCUT2D eigenvalue weighted by Crippen LogP contribution is -2.28. The summed E-state index contributed by atoms with van der Waals surface area (Å²) in [7, 11) is 0. The van der Waals surface area contributed by atoms with Crippen molar-refractivity contribution in [1.82, 2.24) is 9.97 Å². The summed E-state index contributed by atoms with van der Waals surface area (Å²) in [6, 6.07) is 0. The molecule has 0 aromatic carbocycles. The van der Waals surface area contributed by atoms with E-state index in [4.69, 9.17) is 11.6 Å². The average molecular weight is 210 g/mol. The molecule has 0 spiro atoms. The van der Waals surface area contributed by atoms with Gasteiger partial charge >= 0.3 is 0 Å². The monoisotopic (exact) mass is 209 g/mol. The van der Waals surface area contributed by atoms with E-state index in [-0.39, 0.29) is 5.92 Å². The fourth-order valence-electron chi connectivity index (χ4n) is 1.46. The molecule has 14 heavy (non-hydrogen) atoms. The quantitative estimate of drug-likeness (QED) is 0.681. The number of aliphatic imine (C=N–C) groups is 1. The molecule has 0 amide bonds. The third-order valence-electron chi connectivity index (χ3n) is 2.37. The summed E-state index contributed by atoms with van der Waals surface area (Å²) in [4.78, 5) is 11.6. The van der Waals surface area contributed by atoms with Crippen LogP contribution in [0.4, 0.5) is 0 Å². The highest BCUT2D eigenvalue weighted by atomic mass is 35.5. The van der Waals surface area contributed by atoms with E-state index >= 15 is 0 Å². The van der Waals surface area contributed by atoms with Crippen LogP contribution in [0.1, 0.15) is 20.3 Å². The molecule has 0 saturated carbocycles. The third kappa shape index (κ3) is 1.60.